The van der Waals surface area contributed by atoms with Gasteiger partial charge in [-0.1, -0.05) is 56.3 Å². The summed E-state index contributed by atoms with van der Waals surface area (Å²) in [5.41, 5.74) is 0.977. The van der Waals surface area contributed by atoms with Gasteiger partial charge < -0.3 is 9.57 Å². The third kappa shape index (κ3) is 8.84. The Labute approximate surface area is 127 Å². The Morgan fingerprint density at radius 2 is 1.81 bits per heavy atom. The minimum Gasteiger partial charge on any atom is -0.494 e. The molecule has 0 N–H and O–H groups in total. The summed E-state index contributed by atoms with van der Waals surface area (Å²) in [6.07, 6.45) is 10.1. The molecule has 0 aliphatic rings. The molecular formula is C17H24NO3. The number of nitrogens with zero attached hydrogens (tertiary/aromatic N) is 1. The first-order chi connectivity index (χ1) is 10.4. The van der Waals surface area contributed by atoms with Crippen LogP contribution < -0.4 is 4.74 Å². The molecule has 0 heterocycles. The van der Waals surface area contributed by atoms with E-state index in [0.717, 1.165) is 30.6 Å². The van der Waals surface area contributed by atoms with Crippen molar-refractivity contribution in [1.29, 1.82) is 0 Å². The van der Waals surface area contributed by atoms with Gasteiger partial charge in [-0.25, -0.2) is 0 Å². The van der Waals surface area contributed by atoms with Crippen molar-refractivity contribution in [1.82, 2.24) is 0 Å². The molecule has 0 atom stereocenters. The first-order valence-electron chi connectivity index (χ1n) is 7.60. The highest BCUT2D eigenvalue weighted by atomic mass is 16.6. The summed E-state index contributed by atoms with van der Waals surface area (Å²) < 4.78 is 5.69. The SMILES string of the molecule is CCCCCCCCOc1ccc(CO/N=C\[C]=O)cc1. The highest BCUT2D eigenvalue weighted by Gasteiger charge is 1.97. The number of hydrogen-bond donors (Lipinski definition) is 0. The van der Waals surface area contributed by atoms with E-state index in [1.54, 1.807) is 0 Å². The second-order valence-corrected chi connectivity index (χ2v) is 4.89. The fraction of sp³-hybridized carbons (Fsp3) is 0.529. The van der Waals surface area contributed by atoms with E-state index in [2.05, 4.69) is 12.1 Å². The third-order valence-corrected chi connectivity index (χ3v) is 3.10. The number of carbonyl (C=O) groups excluding carboxylic acids is 1. The molecule has 4 nitrogen and oxygen atoms in total. The summed E-state index contributed by atoms with van der Waals surface area (Å²) in [6, 6.07) is 7.70. The molecule has 0 saturated carbocycles. The van der Waals surface area contributed by atoms with Gasteiger partial charge in [-0.3, -0.25) is 4.79 Å². The maximum atomic E-state index is 9.89. The van der Waals surface area contributed by atoms with Crippen LogP contribution in [-0.2, 0) is 16.2 Å². The Kier molecular flexibility index (Phi) is 9.79. The van der Waals surface area contributed by atoms with Crippen molar-refractivity contribution >= 4 is 12.5 Å². The third-order valence-electron chi connectivity index (χ3n) is 3.10. The van der Waals surface area contributed by atoms with Crippen LogP contribution in [0, 0.1) is 0 Å². The van der Waals surface area contributed by atoms with E-state index in [9.17, 15) is 4.79 Å². The Bertz CT molecular complexity index is 401. The Morgan fingerprint density at radius 1 is 1.10 bits per heavy atom. The van der Waals surface area contributed by atoms with E-state index in [0.29, 0.717) is 6.61 Å². The highest BCUT2D eigenvalue weighted by molar-refractivity contribution is 6.13. The predicted molar refractivity (Wildman–Crippen MR) is 84.3 cm³/mol. The van der Waals surface area contributed by atoms with Crippen molar-refractivity contribution < 1.29 is 14.4 Å². The van der Waals surface area contributed by atoms with Gasteiger partial charge in [0.2, 0.25) is 6.29 Å². The topological polar surface area (TPSA) is 47.9 Å². The van der Waals surface area contributed by atoms with E-state index in [1.165, 1.54) is 38.4 Å². The summed E-state index contributed by atoms with van der Waals surface area (Å²) >= 11 is 0. The predicted octanol–water partition coefficient (Wildman–Crippen LogP) is 4.04. The summed E-state index contributed by atoms with van der Waals surface area (Å²) in [4.78, 5) is 14.8. The summed E-state index contributed by atoms with van der Waals surface area (Å²) in [6.45, 7) is 3.32. The summed E-state index contributed by atoms with van der Waals surface area (Å²) in [5.74, 6) is 0.872. The fourth-order valence-electron chi connectivity index (χ4n) is 1.92. The van der Waals surface area contributed by atoms with E-state index >= 15 is 0 Å². The first kappa shape index (κ1) is 17.2. The van der Waals surface area contributed by atoms with Gasteiger partial charge in [0, 0.05) is 0 Å². The molecule has 0 aliphatic carbocycles. The normalized spacial score (nSPS) is 10.7. The highest BCUT2D eigenvalue weighted by Crippen LogP contribution is 2.14. The number of hydrogen-bond acceptors (Lipinski definition) is 4. The number of ether oxygens (including phenoxy) is 1. The fourth-order valence-corrected chi connectivity index (χ4v) is 1.92. The minimum atomic E-state index is 0.329. The lowest BCUT2D eigenvalue weighted by Gasteiger charge is -2.07. The first-order valence-corrected chi connectivity index (χ1v) is 7.60. The van der Waals surface area contributed by atoms with Gasteiger partial charge in [0.1, 0.15) is 18.6 Å². The van der Waals surface area contributed by atoms with E-state index in [4.69, 9.17) is 9.57 Å². The molecule has 0 saturated heterocycles. The Morgan fingerprint density at radius 3 is 2.52 bits per heavy atom. The zero-order chi connectivity index (χ0) is 15.2. The lowest BCUT2D eigenvalue weighted by molar-refractivity contribution is 0.132. The van der Waals surface area contributed by atoms with Crippen LogP contribution in [0.4, 0.5) is 0 Å². The molecule has 0 aliphatic heterocycles. The maximum absolute atomic E-state index is 9.89. The second-order valence-electron chi connectivity index (χ2n) is 4.89. The molecule has 115 valence electrons. The lowest BCUT2D eigenvalue weighted by Crippen LogP contribution is -1.97. The average molecular weight is 290 g/mol. The number of oxime groups is 1. The average Bonchev–Trinajstić information content (AvgIpc) is 2.52. The van der Waals surface area contributed by atoms with Gasteiger partial charge in [0.25, 0.3) is 0 Å². The standard InChI is InChI=1S/C17H24NO3/c1-2-3-4-5-6-7-14-20-17-10-8-16(9-11-17)15-21-18-12-13-19/h8-12H,2-7,14-15H2,1H3/b18-12-. The zero-order valence-electron chi connectivity index (χ0n) is 12.7. The monoisotopic (exact) mass is 290 g/mol. The van der Waals surface area contributed by atoms with Crippen LogP contribution >= 0.6 is 0 Å². The van der Waals surface area contributed by atoms with Crippen LogP contribution in [0.3, 0.4) is 0 Å². The van der Waals surface area contributed by atoms with Gasteiger partial charge >= 0.3 is 0 Å². The zero-order valence-corrected chi connectivity index (χ0v) is 12.7. The van der Waals surface area contributed by atoms with Crippen molar-refractivity contribution in [2.45, 2.75) is 52.1 Å². The van der Waals surface area contributed by atoms with Crippen molar-refractivity contribution in [2.75, 3.05) is 6.61 Å². The summed E-state index contributed by atoms with van der Waals surface area (Å²) in [5, 5.41) is 3.42. The van der Waals surface area contributed by atoms with Crippen LogP contribution in [0.2, 0.25) is 0 Å². The quantitative estimate of drug-likeness (QED) is 0.331. The van der Waals surface area contributed by atoms with Gasteiger partial charge in [-0.2, -0.15) is 0 Å². The molecule has 1 rings (SSSR count). The number of unbranched alkanes of at least 4 members (excludes halogenated alkanes) is 5. The molecule has 0 unspecified atom stereocenters. The number of rotatable bonds is 12. The van der Waals surface area contributed by atoms with Gasteiger partial charge in [0.05, 0.1) is 6.61 Å². The van der Waals surface area contributed by atoms with Crippen molar-refractivity contribution in [3.8, 4) is 5.75 Å². The van der Waals surface area contributed by atoms with E-state index < -0.39 is 0 Å². The van der Waals surface area contributed by atoms with Crippen LogP contribution in [0.15, 0.2) is 29.4 Å². The largest absolute Gasteiger partial charge is 0.494 e. The van der Waals surface area contributed by atoms with Gasteiger partial charge in [-0.05, 0) is 24.1 Å². The lowest BCUT2D eigenvalue weighted by atomic mass is 10.1. The summed E-state index contributed by atoms with van der Waals surface area (Å²) in [7, 11) is 0. The molecule has 1 aromatic carbocycles. The molecule has 1 aromatic rings. The maximum Gasteiger partial charge on any atom is 0.248 e. The molecule has 0 spiro atoms. The molecule has 0 fully saturated rings. The molecule has 1 radical (unpaired) electrons. The van der Waals surface area contributed by atoms with Gasteiger partial charge in [-0.15, -0.1) is 0 Å². The molecular weight excluding hydrogens is 266 g/mol. The van der Waals surface area contributed by atoms with Crippen LogP contribution in [-0.4, -0.2) is 19.1 Å². The number of benzene rings is 1. The Balaban J connectivity index is 2.13. The van der Waals surface area contributed by atoms with Crippen LogP contribution in [0.5, 0.6) is 5.75 Å². The minimum absolute atomic E-state index is 0.329. The molecule has 0 aromatic heterocycles. The smallest absolute Gasteiger partial charge is 0.248 e. The molecule has 21 heavy (non-hydrogen) atoms. The molecule has 0 amide bonds. The Hall–Kier alpha value is -1.84. The second kappa shape index (κ2) is 11.9. The van der Waals surface area contributed by atoms with Crippen molar-refractivity contribution in [2.24, 2.45) is 5.16 Å². The molecule has 4 heteroatoms. The van der Waals surface area contributed by atoms with Crippen LogP contribution in [0.25, 0.3) is 0 Å². The van der Waals surface area contributed by atoms with Gasteiger partial charge in [0.15, 0.2) is 0 Å². The van der Waals surface area contributed by atoms with Crippen molar-refractivity contribution in [3.63, 3.8) is 0 Å². The van der Waals surface area contributed by atoms with Crippen molar-refractivity contribution in [3.05, 3.63) is 29.8 Å². The van der Waals surface area contributed by atoms with E-state index in [1.807, 2.05) is 24.3 Å². The van der Waals surface area contributed by atoms with E-state index in [-0.39, 0.29) is 0 Å². The molecule has 0 bridgehead atoms. The van der Waals surface area contributed by atoms with Crippen LogP contribution in [0.1, 0.15) is 51.0 Å².